The fourth-order valence-corrected chi connectivity index (χ4v) is 2.02. The van der Waals surface area contributed by atoms with E-state index in [0.29, 0.717) is 24.9 Å². The molecule has 5 heteroatoms. The van der Waals surface area contributed by atoms with Crippen LogP contribution in [0, 0.1) is 11.8 Å². The van der Waals surface area contributed by atoms with Gasteiger partial charge in [-0.1, -0.05) is 19.9 Å². The van der Waals surface area contributed by atoms with Gasteiger partial charge in [0.15, 0.2) is 0 Å². The standard InChI is InChI=1S/C12H20N2O3/c1-4-5-13(8-11(15)16)12(17)14-6-9(2)10(3)7-14/h4,9-10H,1,5-8H2,2-3H3,(H,15,16). The predicted molar refractivity (Wildman–Crippen MR) is 64.7 cm³/mol. The Hall–Kier alpha value is -1.52. The van der Waals surface area contributed by atoms with Gasteiger partial charge < -0.3 is 14.9 Å². The Labute approximate surface area is 102 Å². The molecule has 1 heterocycles. The summed E-state index contributed by atoms with van der Waals surface area (Å²) in [6, 6.07) is -0.205. The van der Waals surface area contributed by atoms with Crippen molar-refractivity contribution >= 4 is 12.0 Å². The number of carboxylic acid groups (broad SMARTS) is 1. The molecular weight excluding hydrogens is 220 g/mol. The summed E-state index contributed by atoms with van der Waals surface area (Å²) in [6.07, 6.45) is 1.55. The van der Waals surface area contributed by atoms with Gasteiger partial charge in [-0.15, -0.1) is 6.58 Å². The van der Waals surface area contributed by atoms with E-state index in [2.05, 4.69) is 20.4 Å². The Morgan fingerprint density at radius 3 is 2.35 bits per heavy atom. The average molecular weight is 240 g/mol. The molecule has 17 heavy (non-hydrogen) atoms. The molecule has 0 radical (unpaired) electrons. The van der Waals surface area contributed by atoms with Crippen LogP contribution in [0.4, 0.5) is 4.79 Å². The first-order chi connectivity index (χ1) is 7.95. The largest absolute Gasteiger partial charge is 0.480 e. The van der Waals surface area contributed by atoms with Crippen molar-refractivity contribution in [2.24, 2.45) is 11.8 Å². The minimum absolute atomic E-state index is 0.205. The lowest BCUT2D eigenvalue weighted by atomic mass is 10.0. The maximum absolute atomic E-state index is 12.1. The summed E-state index contributed by atoms with van der Waals surface area (Å²) < 4.78 is 0. The summed E-state index contributed by atoms with van der Waals surface area (Å²) >= 11 is 0. The summed E-state index contributed by atoms with van der Waals surface area (Å²) in [6.45, 7) is 9.15. The minimum atomic E-state index is -1.000. The van der Waals surface area contributed by atoms with Crippen LogP contribution < -0.4 is 0 Å². The molecule has 1 saturated heterocycles. The number of carbonyl (C=O) groups is 2. The molecule has 2 amide bonds. The number of carbonyl (C=O) groups excluding carboxylic acids is 1. The van der Waals surface area contributed by atoms with Crippen molar-refractivity contribution in [3.8, 4) is 0 Å². The third-order valence-corrected chi connectivity index (χ3v) is 3.20. The van der Waals surface area contributed by atoms with E-state index in [0.717, 1.165) is 0 Å². The van der Waals surface area contributed by atoms with Crippen molar-refractivity contribution < 1.29 is 14.7 Å². The minimum Gasteiger partial charge on any atom is -0.480 e. The van der Waals surface area contributed by atoms with Gasteiger partial charge in [0.1, 0.15) is 6.54 Å². The number of hydrogen-bond acceptors (Lipinski definition) is 2. The maximum Gasteiger partial charge on any atom is 0.323 e. The number of amides is 2. The van der Waals surface area contributed by atoms with Crippen molar-refractivity contribution in [2.45, 2.75) is 13.8 Å². The van der Waals surface area contributed by atoms with E-state index in [9.17, 15) is 9.59 Å². The first-order valence-corrected chi connectivity index (χ1v) is 5.82. The van der Waals surface area contributed by atoms with Crippen LogP contribution in [0.3, 0.4) is 0 Å². The monoisotopic (exact) mass is 240 g/mol. The second kappa shape index (κ2) is 5.70. The number of rotatable bonds is 4. The summed E-state index contributed by atoms with van der Waals surface area (Å²) in [5.74, 6) is -0.0655. The first-order valence-electron chi connectivity index (χ1n) is 5.82. The topological polar surface area (TPSA) is 60.9 Å². The van der Waals surface area contributed by atoms with Crippen LogP contribution in [0.5, 0.6) is 0 Å². The second-order valence-electron chi connectivity index (χ2n) is 4.71. The third-order valence-electron chi connectivity index (χ3n) is 3.20. The van der Waals surface area contributed by atoms with E-state index < -0.39 is 5.97 Å². The lowest BCUT2D eigenvalue weighted by Crippen LogP contribution is -2.44. The molecular formula is C12H20N2O3. The van der Waals surface area contributed by atoms with Crippen LogP contribution in [0.2, 0.25) is 0 Å². The highest BCUT2D eigenvalue weighted by molar-refractivity contribution is 5.80. The van der Waals surface area contributed by atoms with E-state index in [4.69, 9.17) is 5.11 Å². The molecule has 1 N–H and O–H groups in total. The zero-order chi connectivity index (χ0) is 13.0. The van der Waals surface area contributed by atoms with E-state index >= 15 is 0 Å². The average Bonchev–Trinajstić information content (AvgIpc) is 2.57. The molecule has 0 aliphatic carbocycles. The highest BCUT2D eigenvalue weighted by atomic mass is 16.4. The van der Waals surface area contributed by atoms with E-state index in [-0.39, 0.29) is 19.1 Å². The van der Waals surface area contributed by atoms with Crippen LogP contribution in [0.1, 0.15) is 13.8 Å². The molecule has 2 unspecified atom stereocenters. The van der Waals surface area contributed by atoms with Crippen molar-refractivity contribution in [3.63, 3.8) is 0 Å². The molecule has 1 rings (SSSR count). The van der Waals surface area contributed by atoms with Gasteiger partial charge in [-0.05, 0) is 11.8 Å². The molecule has 0 spiro atoms. The zero-order valence-electron chi connectivity index (χ0n) is 10.4. The molecule has 0 aromatic carbocycles. The molecule has 2 atom stereocenters. The Morgan fingerprint density at radius 2 is 1.94 bits per heavy atom. The smallest absolute Gasteiger partial charge is 0.323 e. The van der Waals surface area contributed by atoms with Crippen LogP contribution >= 0.6 is 0 Å². The molecule has 0 bridgehead atoms. The molecule has 0 aromatic heterocycles. The van der Waals surface area contributed by atoms with Gasteiger partial charge in [-0.3, -0.25) is 4.79 Å². The van der Waals surface area contributed by atoms with Crippen molar-refractivity contribution in [2.75, 3.05) is 26.2 Å². The summed E-state index contributed by atoms with van der Waals surface area (Å²) in [4.78, 5) is 25.8. The normalized spacial score (nSPS) is 23.5. The Bertz CT molecular complexity index is 307. The van der Waals surface area contributed by atoms with E-state index in [1.807, 2.05) is 0 Å². The maximum atomic E-state index is 12.1. The van der Waals surface area contributed by atoms with Gasteiger partial charge in [0, 0.05) is 19.6 Å². The zero-order valence-corrected chi connectivity index (χ0v) is 10.4. The number of hydrogen-bond donors (Lipinski definition) is 1. The Morgan fingerprint density at radius 1 is 1.41 bits per heavy atom. The molecule has 0 saturated carbocycles. The highest BCUT2D eigenvalue weighted by Gasteiger charge is 2.32. The quantitative estimate of drug-likeness (QED) is 0.753. The van der Waals surface area contributed by atoms with E-state index in [1.54, 1.807) is 11.0 Å². The van der Waals surface area contributed by atoms with Crippen LogP contribution in [-0.4, -0.2) is 53.1 Å². The van der Waals surface area contributed by atoms with E-state index in [1.165, 1.54) is 4.90 Å². The molecule has 0 aromatic rings. The summed E-state index contributed by atoms with van der Waals surface area (Å²) in [5.41, 5.74) is 0. The number of likely N-dealkylation sites (tertiary alicyclic amines) is 1. The van der Waals surface area contributed by atoms with Crippen molar-refractivity contribution in [1.82, 2.24) is 9.80 Å². The third kappa shape index (κ3) is 3.47. The molecule has 1 fully saturated rings. The number of urea groups is 1. The number of nitrogens with zero attached hydrogens (tertiary/aromatic N) is 2. The van der Waals surface area contributed by atoms with Crippen LogP contribution in [-0.2, 0) is 4.79 Å². The van der Waals surface area contributed by atoms with Gasteiger partial charge in [0.25, 0.3) is 0 Å². The Kier molecular flexibility index (Phi) is 4.54. The molecule has 5 nitrogen and oxygen atoms in total. The van der Waals surface area contributed by atoms with Gasteiger partial charge in [0.05, 0.1) is 0 Å². The fraction of sp³-hybridized carbons (Fsp3) is 0.667. The summed E-state index contributed by atoms with van der Waals surface area (Å²) in [5, 5.41) is 8.76. The SMILES string of the molecule is C=CCN(CC(=O)O)C(=O)N1CC(C)C(C)C1. The Balaban J connectivity index is 2.64. The highest BCUT2D eigenvalue weighted by Crippen LogP contribution is 2.23. The molecule has 1 aliphatic heterocycles. The van der Waals surface area contributed by atoms with Gasteiger partial charge in [0.2, 0.25) is 0 Å². The lowest BCUT2D eigenvalue weighted by molar-refractivity contribution is -0.137. The van der Waals surface area contributed by atoms with Crippen LogP contribution in [0.25, 0.3) is 0 Å². The van der Waals surface area contributed by atoms with Gasteiger partial charge >= 0.3 is 12.0 Å². The fourth-order valence-electron chi connectivity index (χ4n) is 2.02. The first kappa shape index (κ1) is 13.5. The summed E-state index contributed by atoms with van der Waals surface area (Å²) in [7, 11) is 0. The lowest BCUT2D eigenvalue weighted by Gasteiger charge is -2.25. The van der Waals surface area contributed by atoms with Gasteiger partial charge in [-0.2, -0.15) is 0 Å². The van der Waals surface area contributed by atoms with Crippen molar-refractivity contribution in [3.05, 3.63) is 12.7 Å². The number of carboxylic acids is 1. The van der Waals surface area contributed by atoms with Gasteiger partial charge in [-0.25, -0.2) is 4.79 Å². The number of aliphatic carboxylic acids is 1. The van der Waals surface area contributed by atoms with Crippen molar-refractivity contribution in [1.29, 1.82) is 0 Å². The van der Waals surface area contributed by atoms with Crippen LogP contribution in [0.15, 0.2) is 12.7 Å². The second-order valence-corrected chi connectivity index (χ2v) is 4.71. The predicted octanol–water partition coefficient (Wildman–Crippen LogP) is 1.27. The molecule has 1 aliphatic rings. The molecule has 96 valence electrons.